The number of nitrogens with one attached hydrogen (secondary N) is 1. The Hall–Kier alpha value is -1.17. The predicted molar refractivity (Wildman–Crippen MR) is 82.6 cm³/mol. The second kappa shape index (κ2) is 6.30. The van der Waals surface area contributed by atoms with Gasteiger partial charge in [-0.15, -0.1) is 0 Å². The number of nitro benzene ring substituents is 1. The van der Waals surface area contributed by atoms with Gasteiger partial charge in [0, 0.05) is 49.4 Å². The molecule has 2 fully saturated rings. The normalized spacial score (nSPS) is 21.2. The SMILES string of the molecule is O=[N+]([O-])c1ccc(Cl)c([C@@H](CC2CC2)N2CCNCC2)c1. The zero-order valence-electron chi connectivity index (χ0n) is 11.9. The molecule has 0 bridgehead atoms. The van der Waals surface area contributed by atoms with Crippen molar-refractivity contribution in [1.82, 2.24) is 10.2 Å². The van der Waals surface area contributed by atoms with Gasteiger partial charge in [-0.3, -0.25) is 15.0 Å². The highest BCUT2D eigenvalue weighted by molar-refractivity contribution is 6.31. The van der Waals surface area contributed by atoms with Crippen molar-refractivity contribution in [2.75, 3.05) is 26.2 Å². The Morgan fingerprint density at radius 3 is 2.71 bits per heavy atom. The molecule has 0 unspecified atom stereocenters. The molecule has 1 N–H and O–H groups in total. The summed E-state index contributed by atoms with van der Waals surface area (Å²) in [6.07, 6.45) is 3.60. The summed E-state index contributed by atoms with van der Waals surface area (Å²) in [5.41, 5.74) is 1.05. The molecule has 1 saturated carbocycles. The van der Waals surface area contributed by atoms with Gasteiger partial charge in [-0.05, 0) is 24.0 Å². The van der Waals surface area contributed by atoms with Crippen LogP contribution >= 0.6 is 11.6 Å². The van der Waals surface area contributed by atoms with Crippen LogP contribution in [0.25, 0.3) is 0 Å². The third-order valence-corrected chi connectivity index (χ3v) is 4.74. The predicted octanol–water partition coefficient (Wildman–Crippen LogP) is 2.99. The summed E-state index contributed by atoms with van der Waals surface area (Å²) in [5, 5.41) is 15.0. The third kappa shape index (κ3) is 3.54. The fraction of sp³-hybridized carbons (Fsp3) is 0.600. The molecule has 3 rings (SSSR count). The topological polar surface area (TPSA) is 58.4 Å². The molecule has 1 aromatic rings. The van der Waals surface area contributed by atoms with Crippen LogP contribution in [0.1, 0.15) is 30.9 Å². The first-order valence-corrected chi connectivity index (χ1v) is 7.91. The summed E-state index contributed by atoms with van der Waals surface area (Å²) in [7, 11) is 0. The molecule has 1 heterocycles. The van der Waals surface area contributed by atoms with Crippen LogP contribution in [-0.4, -0.2) is 36.0 Å². The van der Waals surface area contributed by atoms with Gasteiger partial charge in [0.25, 0.3) is 5.69 Å². The highest BCUT2D eigenvalue weighted by Gasteiger charge is 2.32. The van der Waals surface area contributed by atoms with Crippen molar-refractivity contribution in [2.45, 2.75) is 25.3 Å². The van der Waals surface area contributed by atoms with Gasteiger partial charge in [-0.25, -0.2) is 0 Å². The second-order valence-corrected chi connectivity index (χ2v) is 6.35. The zero-order valence-corrected chi connectivity index (χ0v) is 12.7. The molecule has 21 heavy (non-hydrogen) atoms. The quantitative estimate of drug-likeness (QED) is 0.671. The van der Waals surface area contributed by atoms with E-state index in [2.05, 4.69) is 10.2 Å². The average Bonchev–Trinajstić information content (AvgIpc) is 3.30. The second-order valence-electron chi connectivity index (χ2n) is 5.94. The van der Waals surface area contributed by atoms with Crippen LogP contribution in [-0.2, 0) is 0 Å². The maximum absolute atomic E-state index is 11.0. The fourth-order valence-electron chi connectivity index (χ4n) is 3.04. The Balaban J connectivity index is 1.90. The molecule has 0 spiro atoms. The van der Waals surface area contributed by atoms with Crippen LogP contribution in [0.15, 0.2) is 18.2 Å². The van der Waals surface area contributed by atoms with Gasteiger partial charge in [-0.2, -0.15) is 0 Å². The maximum atomic E-state index is 11.0. The number of nitro groups is 1. The van der Waals surface area contributed by atoms with E-state index >= 15 is 0 Å². The number of halogens is 1. The monoisotopic (exact) mass is 309 g/mol. The van der Waals surface area contributed by atoms with Crippen LogP contribution in [0.5, 0.6) is 0 Å². The van der Waals surface area contributed by atoms with Crippen LogP contribution in [0.2, 0.25) is 5.02 Å². The molecule has 1 atom stereocenters. The fourth-order valence-corrected chi connectivity index (χ4v) is 3.28. The van der Waals surface area contributed by atoms with E-state index in [0.717, 1.165) is 44.1 Å². The molecular weight excluding hydrogens is 290 g/mol. The summed E-state index contributed by atoms with van der Waals surface area (Å²) >= 11 is 6.35. The van der Waals surface area contributed by atoms with E-state index in [-0.39, 0.29) is 16.7 Å². The molecule has 0 radical (unpaired) electrons. The number of hydrogen-bond donors (Lipinski definition) is 1. The van der Waals surface area contributed by atoms with Gasteiger partial charge in [0.05, 0.1) is 4.92 Å². The van der Waals surface area contributed by atoms with Gasteiger partial charge < -0.3 is 5.32 Å². The summed E-state index contributed by atoms with van der Waals surface area (Å²) < 4.78 is 0. The Kier molecular flexibility index (Phi) is 4.42. The summed E-state index contributed by atoms with van der Waals surface area (Å²) in [6.45, 7) is 3.87. The summed E-state index contributed by atoms with van der Waals surface area (Å²) in [5.74, 6) is 0.750. The van der Waals surface area contributed by atoms with Crippen molar-refractivity contribution in [2.24, 2.45) is 5.92 Å². The molecule has 6 heteroatoms. The Morgan fingerprint density at radius 1 is 1.38 bits per heavy atom. The number of non-ortho nitro benzene ring substituents is 1. The molecule has 0 aromatic heterocycles. The van der Waals surface area contributed by atoms with Crippen molar-refractivity contribution >= 4 is 17.3 Å². The van der Waals surface area contributed by atoms with Gasteiger partial charge in [0.15, 0.2) is 0 Å². The smallest absolute Gasteiger partial charge is 0.269 e. The molecule has 5 nitrogen and oxygen atoms in total. The standard InChI is InChI=1S/C15H20ClN3O2/c16-14-4-3-12(19(20)21)10-13(14)15(9-11-1-2-11)18-7-5-17-6-8-18/h3-4,10-11,15,17H,1-2,5-9H2/t15-/m1/s1. The van der Waals surface area contributed by atoms with Crippen LogP contribution in [0.3, 0.4) is 0 Å². The molecule has 2 aliphatic rings. The van der Waals surface area contributed by atoms with E-state index in [1.54, 1.807) is 12.1 Å². The maximum Gasteiger partial charge on any atom is 0.269 e. The highest BCUT2D eigenvalue weighted by atomic mass is 35.5. The molecule has 1 aromatic carbocycles. The lowest BCUT2D eigenvalue weighted by Gasteiger charge is -2.35. The number of hydrogen-bond acceptors (Lipinski definition) is 4. The number of benzene rings is 1. The van der Waals surface area contributed by atoms with E-state index in [9.17, 15) is 10.1 Å². The van der Waals surface area contributed by atoms with Crippen molar-refractivity contribution in [3.8, 4) is 0 Å². The molecule has 0 amide bonds. The summed E-state index contributed by atoms with van der Waals surface area (Å²) in [4.78, 5) is 13.1. The van der Waals surface area contributed by atoms with Crippen LogP contribution < -0.4 is 5.32 Å². The first-order valence-electron chi connectivity index (χ1n) is 7.54. The van der Waals surface area contributed by atoms with Crippen molar-refractivity contribution < 1.29 is 4.92 Å². The van der Waals surface area contributed by atoms with Crippen molar-refractivity contribution in [3.05, 3.63) is 38.9 Å². The van der Waals surface area contributed by atoms with Crippen molar-refractivity contribution in [1.29, 1.82) is 0 Å². The van der Waals surface area contributed by atoms with E-state index in [1.807, 2.05) is 0 Å². The average molecular weight is 310 g/mol. The first-order chi connectivity index (χ1) is 10.1. The highest BCUT2D eigenvalue weighted by Crippen LogP contribution is 2.42. The Morgan fingerprint density at radius 2 is 2.10 bits per heavy atom. The first kappa shape index (κ1) is 14.8. The summed E-state index contributed by atoms with van der Waals surface area (Å²) in [6, 6.07) is 5.01. The Bertz CT molecular complexity index is 528. The molecule has 1 aliphatic heterocycles. The number of piperazine rings is 1. The van der Waals surface area contributed by atoms with Gasteiger partial charge in [-0.1, -0.05) is 24.4 Å². The van der Waals surface area contributed by atoms with E-state index in [4.69, 9.17) is 11.6 Å². The Labute approximate surface area is 129 Å². The lowest BCUT2D eigenvalue weighted by atomic mass is 9.98. The molecular formula is C15H20ClN3O2. The van der Waals surface area contributed by atoms with Crippen LogP contribution in [0.4, 0.5) is 5.69 Å². The third-order valence-electron chi connectivity index (χ3n) is 4.40. The molecule has 114 valence electrons. The number of rotatable bonds is 5. The number of nitrogens with zero attached hydrogens (tertiary/aromatic N) is 2. The van der Waals surface area contributed by atoms with Gasteiger partial charge >= 0.3 is 0 Å². The van der Waals surface area contributed by atoms with Crippen molar-refractivity contribution in [3.63, 3.8) is 0 Å². The minimum absolute atomic E-state index is 0.130. The minimum Gasteiger partial charge on any atom is -0.314 e. The van der Waals surface area contributed by atoms with E-state index < -0.39 is 0 Å². The molecule has 1 saturated heterocycles. The minimum atomic E-state index is -0.341. The van der Waals surface area contributed by atoms with E-state index in [0.29, 0.717) is 5.02 Å². The van der Waals surface area contributed by atoms with Gasteiger partial charge in [0.1, 0.15) is 0 Å². The lowest BCUT2D eigenvalue weighted by Crippen LogP contribution is -2.45. The van der Waals surface area contributed by atoms with E-state index in [1.165, 1.54) is 18.9 Å². The largest absolute Gasteiger partial charge is 0.314 e. The molecule has 1 aliphatic carbocycles. The zero-order chi connectivity index (χ0) is 14.8. The van der Waals surface area contributed by atoms with Crippen LogP contribution in [0, 0.1) is 16.0 Å². The van der Waals surface area contributed by atoms with Gasteiger partial charge in [0.2, 0.25) is 0 Å². The lowest BCUT2D eigenvalue weighted by molar-refractivity contribution is -0.385.